The first kappa shape index (κ1) is 14.0. The number of sulfonamides is 2. The van der Waals surface area contributed by atoms with E-state index in [2.05, 4.69) is 0 Å². The molecule has 0 unspecified atom stereocenters. The normalized spacial score (nSPS) is 12.8. The van der Waals surface area contributed by atoms with Crippen LogP contribution in [0.15, 0.2) is 45.8 Å². The molecule has 1 aromatic rings. The molecule has 0 spiro atoms. The van der Waals surface area contributed by atoms with Crippen LogP contribution in [0.1, 0.15) is 0 Å². The summed E-state index contributed by atoms with van der Waals surface area (Å²) in [6.45, 7) is 0. The van der Waals surface area contributed by atoms with Gasteiger partial charge in [-0.15, -0.1) is 0 Å². The van der Waals surface area contributed by atoms with Crippen LogP contribution in [0.4, 0.5) is 0 Å². The molecule has 0 aliphatic heterocycles. The molecule has 3 N–H and O–H groups in total. The minimum atomic E-state index is -3.94. The quantitative estimate of drug-likeness (QED) is 0.834. The van der Waals surface area contributed by atoms with Gasteiger partial charge in [0.05, 0.1) is 9.79 Å². The third-order valence-corrected chi connectivity index (χ3v) is 4.09. The van der Waals surface area contributed by atoms with Crippen LogP contribution in [-0.2, 0) is 20.0 Å². The summed E-state index contributed by atoms with van der Waals surface area (Å²) in [5.41, 5.74) is 0.973. The van der Waals surface area contributed by atoms with Gasteiger partial charge in [0.2, 0.25) is 10.0 Å². The lowest BCUT2D eigenvalue weighted by Crippen LogP contribution is -2.19. The molecule has 17 heavy (non-hydrogen) atoms. The summed E-state index contributed by atoms with van der Waals surface area (Å²) in [7, 11) is -7.79. The van der Waals surface area contributed by atoms with Crippen LogP contribution < -0.4 is 9.86 Å². The van der Waals surface area contributed by atoms with Gasteiger partial charge in [0.25, 0.3) is 10.0 Å². The van der Waals surface area contributed by atoms with Gasteiger partial charge in [-0.1, -0.05) is 17.7 Å². The van der Waals surface area contributed by atoms with Crippen molar-refractivity contribution in [3.63, 3.8) is 0 Å². The number of halogens is 1. The fraction of sp³-hybridized carbons (Fsp3) is 0. The summed E-state index contributed by atoms with van der Waals surface area (Å²) in [6.07, 6.45) is 1.00. The molecular formula is C8H9ClN2O4S2. The van der Waals surface area contributed by atoms with Gasteiger partial charge in [-0.3, -0.25) is 4.72 Å². The number of nitrogens with one attached hydrogen (secondary N) is 1. The largest absolute Gasteiger partial charge is 0.286 e. The highest BCUT2D eigenvalue weighted by molar-refractivity contribution is 7.90. The number of primary sulfonamides is 1. The van der Waals surface area contributed by atoms with Gasteiger partial charge >= 0.3 is 0 Å². The zero-order chi connectivity index (χ0) is 13.1. The van der Waals surface area contributed by atoms with Crippen molar-refractivity contribution in [3.05, 3.63) is 36.0 Å². The van der Waals surface area contributed by atoms with Gasteiger partial charge in [-0.05, 0) is 18.2 Å². The first-order valence-electron chi connectivity index (χ1n) is 4.18. The second-order valence-corrected chi connectivity index (χ2v) is 6.46. The highest BCUT2D eigenvalue weighted by Gasteiger charge is 2.15. The molecular weight excluding hydrogens is 288 g/mol. The Hall–Kier alpha value is -1.09. The Morgan fingerprint density at radius 3 is 2.29 bits per heavy atom. The summed E-state index contributed by atoms with van der Waals surface area (Å²) in [4.78, 5) is -0.506. The van der Waals surface area contributed by atoms with Crippen LogP contribution in [0.3, 0.4) is 0 Å². The molecule has 0 radical (unpaired) electrons. The molecule has 0 fully saturated rings. The predicted molar refractivity (Wildman–Crippen MR) is 63.1 cm³/mol. The summed E-state index contributed by atoms with van der Waals surface area (Å²) in [6, 6.07) is 4.67. The molecule has 0 heterocycles. The fourth-order valence-corrected chi connectivity index (χ4v) is 2.70. The minimum absolute atomic E-state index is 0.223. The van der Waals surface area contributed by atoms with Crippen molar-refractivity contribution < 1.29 is 16.8 Å². The molecule has 0 saturated heterocycles. The number of rotatable bonds is 4. The number of benzene rings is 1. The topological polar surface area (TPSA) is 106 Å². The molecule has 6 nitrogen and oxygen atoms in total. The Labute approximate surface area is 104 Å². The standard InChI is InChI=1S/C8H9ClN2O4S2/c9-4-5-11-17(14,15)8-3-1-2-7(6-8)16(10,12)13/h1-6,11H,(H2,10,12,13). The van der Waals surface area contributed by atoms with E-state index in [1.54, 1.807) is 0 Å². The molecule has 0 aliphatic rings. The van der Waals surface area contributed by atoms with Gasteiger partial charge in [0.1, 0.15) is 0 Å². The predicted octanol–water partition coefficient (Wildman–Crippen LogP) is 0.322. The molecule has 0 atom stereocenters. The lowest BCUT2D eigenvalue weighted by molar-refractivity contribution is 0.590. The summed E-state index contributed by atoms with van der Waals surface area (Å²) >= 11 is 5.18. The molecule has 9 heteroatoms. The van der Waals surface area contributed by atoms with Crippen LogP contribution >= 0.6 is 11.6 Å². The molecule has 0 aromatic heterocycles. The first-order valence-corrected chi connectivity index (χ1v) is 7.64. The van der Waals surface area contributed by atoms with E-state index in [1.165, 1.54) is 18.2 Å². The zero-order valence-electron chi connectivity index (χ0n) is 8.37. The van der Waals surface area contributed by atoms with Gasteiger partial charge in [-0.2, -0.15) is 0 Å². The van der Waals surface area contributed by atoms with Crippen LogP contribution in [-0.4, -0.2) is 16.8 Å². The molecule has 0 amide bonds. The monoisotopic (exact) mass is 296 g/mol. The van der Waals surface area contributed by atoms with Crippen LogP contribution in [0.2, 0.25) is 0 Å². The van der Waals surface area contributed by atoms with Crippen LogP contribution in [0.25, 0.3) is 0 Å². The van der Waals surface area contributed by atoms with Gasteiger partial charge < -0.3 is 0 Å². The average Bonchev–Trinajstić information content (AvgIpc) is 2.25. The molecule has 0 bridgehead atoms. The first-order chi connectivity index (χ1) is 7.77. The molecule has 0 saturated carbocycles. The number of nitrogens with two attached hydrogens (primary N) is 1. The second-order valence-electron chi connectivity index (χ2n) is 2.93. The lowest BCUT2D eigenvalue weighted by atomic mass is 10.4. The third-order valence-electron chi connectivity index (χ3n) is 1.73. The van der Waals surface area contributed by atoms with Gasteiger partial charge in [0.15, 0.2) is 0 Å². The summed E-state index contributed by atoms with van der Waals surface area (Å²) in [5, 5.41) is 4.89. The molecule has 0 aliphatic carbocycles. The van der Waals surface area contributed by atoms with Gasteiger partial charge in [-0.25, -0.2) is 22.0 Å². The summed E-state index contributed by atoms with van der Waals surface area (Å²) < 4.78 is 47.4. The Kier molecular flexibility index (Phi) is 4.15. The van der Waals surface area contributed by atoms with Crippen molar-refractivity contribution in [2.75, 3.05) is 0 Å². The minimum Gasteiger partial charge on any atom is -0.286 e. The highest BCUT2D eigenvalue weighted by atomic mass is 35.5. The molecule has 1 aromatic carbocycles. The SMILES string of the molecule is NS(=O)(=O)c1cccc(S(=O)(=O)NC=CCl)c1. The zero-order valence-corrected chi connectivity index (χ0v) is 10.8. The Morgan fingerprint density at radius 1 is 1.18 bits per heavy atom. The molecule has 94 valence electrons. The van der Waals surface area contributed by atoms with E-state index in [4.69, 9.17) is 16.7 Å². The average molecular weight is 297 g/mol. The highest BCUT2D eigenvalue weighted by Crippen LogP contribution is 2.14. The van der Waals surface area contributed by atoms with Crippen LogP contribution in [0, 0.1) is 0 Å². The van der Waals surface area contributed by atoms with Crippen molar-refractivity contribution >= 4 is 31.6 Å². The van der Waals surface area contributed by atoms with E-state index in [0.29, 0.717) is 0 Å². The maximum absolute atomic E-state index is 11.6. The van der Waals surface area contributed by atoms with Crippen molar-refractivity contribution in [2.45, 2.75) is 9.79 Å². The number of hydrogen-bond donors (Lipinski definition) is 2. The van der Waals surface area contributed by atoms with Crippen molar-refractivity contribution in [2.24, 2.45) is 5.14 Å². The molecule has 1 rings (SSSR count). The van der Waals surface area contributed by atoms with E-state index in [0.717, 1.165) is 17.8 Å². The van der Waals surface area contributed by atoms with Crippen molar-refractivity contribution in [1.29, 1.82) is 0 Å². The maximum Gasteiger partial charge on any atom is 0.261 e. The Bertz CT molecular complexity index is 637. The van der Waals surface area contributed by atoms with Crippen molar-refractivity contribution in [3.8, 4) is 0 Å². The van der Waals surface area contributed by atoms with Crippen LogP contribution in [0.5, 0.6) is 0 Å². The van der Waals surface area contributed by atoms with E-state index in [1.807, 2.05) is 4.72 Å². The third kappa shape index (κ3) is 3.70. The van der Waals surface area contributed by atoms with Gasteiger partial charge in [0, 0.05) is 11.7 Å². The smallest absolute Gasteiger partial charge is 0.261 e. The fourth-order valence-electron chi connectivity index (χ4n) is 1.00. The second kappa shape index (κ2) is 5.05. The van der Waals surface area contributed by atoms with E-state index in [9.17, 15) is 16.8 Å². The van der Waals surface area contributed by atoms with E-state index in [-0.39, 0.29) is 9.79 Å². The van der Waals surface area contributed by atoms with Crippen molar-refractivity contribution in [1.82, 2.24) is 4.72 Å². The van der Waals surface area contributed by atoms with E-state index < -0.39 is 20.0 Å². The number of hydrogen-bond acceptors (Lipinski definition) is 4. The van der Waals surface area contributed by atoms with E-state index >= 15 is 0 Å². The Morgan fingerprint density at radius 2 is 1.76 bits per heavy atom. The Balaban J connectivity index is 3.26. The maximum atomic E-state index is 11.6. The lowest BCUT2D eigenvalue weighted by Gasteiger charge is -2.05. The summed E-state index contributed by atoms with van der Waals surface area (Å²) in [5.74, 6) is 0.